The van der Waals surface area contributed by atoms with Gasteiger partial charge >= 0.3 is 0 Å². The molecule has 3 heterocycles. The van der Waals surface area contributed by atoms with Gasteiger partial charge in [0.05, 0.1) is 3.79 Å². The lowest BCUT2D eigenvalue weighted by Crippen LogP contribution is -2.51. The van der Waals surface area contributed by atoms with Gasteiger partial charge in [-0.3, -0.25) is 0 Å². The average Bonchev–Trinajstić information content (AvgIpc) is 3.20. The van der Waals surface area contributed by atoms with E-state index in [-0.39, 0.29) is 0 Å². The largest absolute Gasteiger partial charge is 0.140 e. The fraction of sp³-hybridized carbons (Fsp3) is 0.667. The quantitative estimate of drug-likeness (QED) is 0.216. The molecule has 0 unspecified atom stereocenters. The van der Waals surface area contributed by atoms with Gasteiger partial charge in [0, 0.05) is 14.6 Å². The van der Waals surface area contributed by atoms with E-state index in [0.29, 0.717) is 0 Å². The van der Waals surface area contributed by atoms with Crippen LogP contribution in [0.4, 0.5) is 0 Å². The maximum atomic E-state index is 3.94. The first kappa shape index (κ1) is 22.8. The summed E-state index contributed by atoms with van der Waals surface area (Å²) in [5, 5.41) is 3.51. The highest BCUT2D eigenvalue weighted by Gasteiger charge is 2.44. The Labute approximate surface area is 190 Å². The summed E-state index contributed by atoms with van der Waals surface area (Å²) < 4.78 is 1.42. The van der Waals surface area contributed by atoms with Gasteiger partial charge in [-0.2, -0.15) is 0 Å². The molecule has 4 heteroatoms. The molecule has 0 aliphatic carbocycles. The van der Waals surface area contributed by atoms with E-state index >= 15 is 0 Å². The minimum absolute atomic E-state index is 1.27. The number of hydrogen-bond acceptors (Lipinski definition) is 2. The van der Waals surface area contributed by atoms with E-state index in [0.717, 1.165) is 0 Å². The summed E-state index contributed by atoms with van der Waals surface area (Å²) in [7, 11) is -1.54. The van der Waals surface area contributed by atoms with Crippen molar-refractivity contribution in [1.29, 1.82) is 0 Å². The van der Waals surface area contributed by atoms with Crippen LogP contribution in [0.5, 0.6) is 0 Å². The number of rotatable bonds is 11. The standard InChI is InChI=1S/C24H37BrS2Si/c1-6-7-8-9-10-11-12-13-14-15-16-19-23-21(27-24(19)25)20-22(28(23,4)5)17(2)18(3)26-20/h6-16H2,1-5H3. The van der Waals surface area contributed by atoms with Crippen molar-refractivity contribution in [1.82, 2.24) is 0 Å². The highest BCUT2D eigenvalue weighted by Crippen LogP contribution is 2.44. The van der Waals surface area contributed by atoms with E-state index in [9.17, 15) is 0 Å². The van der Waals surface area contributed by atoms with Gasteiger partial charge in [-0.25, -0.2) is 0 Å². The van der Waals surface area contributed by atoms with Crippen LogP contribution in [0.3, 0.4) is 0 Å². The van der Waals surface area contributed by atoms with Crippen molar-refractivity contribution >= 4 is 57.1 Å². The lowest BCUT2D eigenvalue weighted by molar-refractivity contribution is 0.556. The molecule has 0 fully saturated rings. The average molecular weight is 498 g/mol. The van der Waals surface area contributed by atoms with E-state index < -0.39 is 8.07 Å². The van der Waals surface area contributed by atoms with Crippen molar-refractivity contribution in [2.24, 2.45) is 0 Å². The number of hydrogen-bond donors (Lipinski definition) is 0. The molecule has 0 aromatic carbocycles. The summed E-state index contributed by atoms with van der Waals surface area (Å²) >= 11 is 7.99. The minimum Gasteiger partial charge on any atom is -0.140 e. The van der Waals surface area contributed by atoms with Gasteiger partial charge in [-0.1, -0.05) is 77.8 Å². The van der Waals surface area contributed by atoms with Crippen LogP contribution in [0.25, 0.3) is 9.75 Å². The van der Waals surface area contributed by atoms with Crippen LogP contribution in [-0.4, -0.2) is 8.07 Å². The van der Waals surface area contributed by atoms with E-state index in [1.807, 2.05) is 22.7 Å². The third-order valence-corrected chi connectivity index (χ3v) is 14.0. The molecule has 0 nitrogen and oxygen atoms in total. The second-order valence-electron chi connectivity index (χ2n) is 9.10. The molecule has 2 aromatic rings. The summed E-state index contributed by atoms with van der Waals surface area (Å²) in [5.41, 5.74) is 3.25. The van der Waals surface area contributed by atoms with Crippen LogP contribution in [0.2, 0.25) is 13.1 Å². The number of unbranched alkanes of at least 4 members (excludes halogenated alkanes) is 9. The number of fused-ring (bicyclic) bond motifs is 3. The van der Waals surface area contributed by atoms with Gasteiger partial charge < -0.3 is 0 Å². The third-order valence-electron chi connectivity index (χ3n) is 6.58. The first-order valence-corrected chi connectivity index (χ1v) is 16.7. The summed E-state index contributed by atoms with van der Waals surface area (Å²) in [6.45, 7) is 12.1. The van der Waals surface area contributed by atoms with Gasteiger partial charge in [0.25, 0.3) is 0 Å². The maximum absolute atomic E-state index is 3.94. The number of thiophene rings is 2. The third kappa shape index (κ3) is 4.55. The molecule has 1 aliphatic rings. The topological polar surface area (TPSA) is 0 Å². The Morgan fingerprint density at radius 1 is 0.750 bits per heavy atom. The Balaban J connectivity index is 1.53. The van der Waals surface area contributed by atoms with Crippen molar-refractivity contribution in [3.05, 3.63) is 19.8 Å². The minimum atomic E-state index is -1.54. The molecule has 156 valence electrons. The van der Waals surface area contributed by atoms with Crippen LogP contribution >= 0.6 is 38.6 Å². The molecule has 0 saturated carbocycles. The Morgan fingerprint density at radius 3 is 1.89 bits per heavy atom. The van der Waals surface area contributed by atoms with Crippen molar-refractivity contribution in [2.45, 2.75) is 104 Å². The molecular formula is C24H37BrS2Si. The molecule has 0 N–H and O–H groups in total. The smallest absolute Gasteiger partial charge is 0.116 e. The highest BCUT2D eigenvalue weighted by atomic mass is 79.9. The highest BCUT2D eigenvalue weighted by molar-refractivity contribution is 9.11. The van der Waals surface area contributed by atoms with Crippen molar-refractivity contribution in [3.8, 4) is 9.75 Å². The van der Waals surface area contributed by atoms with Crippen molar-refractivity contribution < 1.29 is 0 Å². The van der Waals surface area contributed by atoms with Crippen LogP contribution in [0, 0.1) is 13.8 Å². The monoisotopic (exact) mass is 496 g/mol. The van der Waals surface area contributed by atoms with Crippen molar-refractivity contribution in [2.75, 3.05) is 0 Å². The molecule has 0 radical (unpaired) electrons. The zero-order valence-corrected chi connectivity index (χ0v) is 22.7. The van der Waals surface area contributed by atoms with Crippen molar-refractivity contribution in [3.63, 3.8) is 0 Å². The summed E-state index contributed by atoms with van der Waals surface area (Å²) in [5.74, 6) is 0. The fourth-order valence-corrected chi connectivity index (χ4v) is 14.2. The predicted molar refractivity (Wildman–Crippen MR) is 137 cm³/mol. The molecular weight excluding hydrogens is 460 g/mol. The van der Waals surface area contributed by atoms with Crippen LogP contribution in [-0.2, 0) is 6.42 Å². The zero-order chi connectivity index (χ0) is 20.3. The molecule has 0 saturated heterocycles. The first-order chi connectivity index (χ1) is 13.4. The SMILES string of the molecule is CCCCCCCCCCCCc1c(Br)sc2c1[Si](C)(C)c1c-2sc(C)c1C. The molecule has 0 atom stereocenters. The Bertz CT molecular complexity index is 800. The van der Waals surface area contributed by atoms with Gasteiger partial charge in [0.1, 0.15) is 8.07 Å². The Morgan fingerprint density at radius 2 is 1.29 bits per heavy atom. The number of halogens is 1. The molecule has 0 bridgehead atoms. The van der Waals surface area contributed by atoms with Crippen LogP contribution in [0.1, 0.15) is 87.1 Å². The predicted octanol–water partition coefficient (Wildman–Crippen LogP) is 8.46. The molecule has 28 heavy (non-hydrogen) atoms. The lowest BCUT2D eigenvalue weighted by atomic mass is 10.0. The van der Waals surface area contributed by atoms with Gasteiger partial charge in [0.2, 0.25) is 0 Å². The second kappa shape index (κ2) is 9.94. The number of aryl methyl sites for hydroxylation is 1. The normalized spacial score (nSPS) is 14.5. The molecule has 0 spiro atoms. The Hall–Kier alpha value is 0.0969. The summed E-state index contributed by atoms with van der Waals surface area (Å²) in [6, 6.07) is 0. The zero-order valence-electron chi connectivity index (χ0n) is 18.5. The van der Waals surface area contributed by atoms with E-state index in [4.69, 9.17) is 0 Å². The maximum Gasteiger partial charge on any atom is 0.116 e. The van der Waals surface area contributed by atoms with Gasteiger partial charge in [-0.05, 0) is 64.1 Å². The van der Waals surface area contributed by atoms with Gasteiger partial charge in [0.15, 0.2) is 0 Å². The van der Waals surface area contributed by atoms with Gasteiger partial charge in [-0.15, -0.1) is 22.7 Å². The van der Waals surface area contributed by atoms with Crippen LogP contribution < -0.4 is 10.4 Å². The fourth-order valence-electron chi connectivity index (χ4n) is 4.94. The molecule has 1 aliphatic heterocycles. The lowest BCUT2D eigenvalue weighted by Gasteiger charge is -2.21. The van der Waals surface area contributed by atoms with E-state index in [1.165, 1.54) is 79.3 Å². The second-order valence-corrected chi connectivity index (χ2v) is 16.9. The van der Waals surface area contributed by atoms with E-state index in [2.05, 4.69) is 49.8 Å². The first-order valence-electron chi connectivity index (χ1n) is 11.3. The molecule has 0 amide bonds. The molecule has 2 aromatic heterocycles. The van der Waals surface area contributed by atoms with Crippen LogP contribution in [0.15, 0.2) is 3.79 Å². The summed E-state index contributed by atoms with van der Waals surface area (Å²) in [4.78, 5) is 4.75. The molecule has 3 rings (SSSR count). The Kier molecular flexibility index (Phi) is 8.08. The van der Waals surface area contributed by atoms with E-state index in [1.54, 1.807) is 31.3 Å². The summed E-state index contributed by atoms with van der Waals surface area (Å²) in [6.07, 6.45) is 15.4.